The lowest BCUT2D eigenvalue weighted by Crippen LogP contribution is -2.52. The van der Waals surface area contributed by atoms with Crippen molar-refractivity contribution < 1.29 is 14.8 Å². The van der Waals surface area contributed by atoms with Gasteiger partial charge in [0.25, 0.3) is 5.91 Å². The zero-order chi connectivity index (χ0) is 21.5. The van der Waals surface area contributed by atoms with Crippen LogP contribution in [-0.2, 0) is 16.0 Å². The molecule has 0 spiro atoms. The van der Waals surface area contributed by atoms with Gasteiger partial charge in [0.15, 0.2) is 0 Å². The predicted octanol–water partition coefficient (Wildman–Crippen LogP) is 1.77. The number of hydrogen-bond acceptors (Lipinski definition) is 5. The molecule has 2 aromatic carbocycles. The topological polar surface area (TPSA) is 108 Å². The first kappa shape index (κ1) is 22.0. The van der Waals surface area contributed by atoms with E-state index in [0.29, 0.717) is 43.1 Å². The second-order valence-electron chi connectivity index (χ2n) is 7.87. The van der Waals surface area contributed by atoms with Gasteiger partial charge in [-0.1, -0.05) is 42.5 Å². The maximum atomic E-state index is 13.1. The summed E-state index contributed by atoms with van der Waals surface area (Å²) in [5, 5.41) is 17.2. The zero-order valence-corrected chi connectivity index (χ0v) is 17.3. The van der Waals surface area contributed by atoms with E-state index < -0.39 is 11.9 Å². The predicted molar refractivity (Wildman–Crippen MR) is 116 cm³/mol. The minimum absolute atomic E-state index is 0.241. The van der Waals surface area contributed by atoms with Crippen LogP contribution in [0.5, 0.6) is 0 Å². The van der Waals surface area contributed by atoms with E-state index in [1.54, 1.807) is 18.2 Å². The summed E-state index contributed by atoms with van der Waals surface area (Å²) in [5.41, 5.74) is 8.07. The maximum Gasteiger partial charge on any atom is 0.273 e. The molecule has 2 aromatic rings. The lowest BCUT2D eigenvalue weighted by molar-refractivity contribution is -0.131. The molecule has 0 aliphatic carbocycles. The lowest BCUT2D eigenvalue weighted by Gasteiger charge is -2.24. The molecule has 7 heteroatoms. The average molecular weight is 411 g/mol. The van der Waals surface area contributed by atoms with Crippen molar-refractivity contribution in [1.82, 2.24) is 10.6 Å². The maximum absolute atomic E-state index is 13.1. The molecule has 2 amide bonds. The molecule has 0 radical (unpaired) electrons. The number of hydroxylamine groups is 1. The highest BCUT2D eigenvalue weighted by molar-refractivity contribution is 5.98. The Kier molecular flexibility index (Phi) is 7.57. The molecule has 0 aromatic heterocycles. The molecule has 0 bridgehead atoms. The van der Waals surface area contributed by atoms with Gasteiger partial charge in [0.1, 0.15) is 6.04 Å². The number of benzene rings is 2. The smallest absolute Gasteiger partial charge is 0.273 e. The van der Waals surface area contributed by atoms with Gasteiger partial charge in [-0.3, -0.25) is 14.8 Å². The number of nitrogens with zero attached hydrogens (tertiary/aromatic N) is 1. The van der Waals surface area contributed by atoms with Crippen LogP contribution in [0, 0.1) is 12.8 Å². The van der Waals surface area contributed by atoms with Crippen LogP contribution in [0.15, 0.2) is 54.6 Å². The average Bonchev–Trinajstić information content (AvgIpc) is 3.26. The molecule has 1 heterocycles. The largest absolute Gasteiger partial charge is 0.343 e. The number of nitrogens with one attached hydrogen (secondary N) is 2. The summed E-state index contributed by atoms with van der Waals surface area (Å²) in [6, 6.07) is 15.6. The van der Waals surface area contributed by atoms with Gasteiger partial charge in [-0.05, 0) is 68.5 Å². The van der Waals surface area contributed by atoms with Crippen molar-refractivity contribution in [3.8, 4) is 0 Å². The van der Waals surface area contributed by atoms with Crippen LogP contribution in [0.3, 0.4) is 0 Å². The number of nitrogens with two attached hydrogens (primary N) is 1. The molecule has 3 rings (SSSR count). The summed E-state index contributed by atoms with van der Waals surface area (Å²) < 4.78 is 0. The van der Waals surface area contributed by atoms with Gasteiger partial charge < -0.3 is 16.4 Å². The molecular formula is C23H30N4O3. The number of carbonyl (C=O) groups is 2. The van der Waals surface area contributed by atoms with Crippen molar-refractivity contribution in [1.29, 1.82) is 0 Å². The highest BCUT2D eigenvalue weighted by Crippen LogP contribution is 2.18. The molecule has 3 atom stereocenters. The third kappa shape index (κ3) is 5.66. The molecule has 0 saturated carbocycles. The third-order valence-corrected chi connectivity index (χ3v) is 5.51. The van der Waals surface area contributed by atoms with Crippen molar-refractivity contribution in [3.63, 3.8) is 0 Å². The third-order valence-electron chi connectivity index (χ3n) is 5.51. The Bertz CT molecular complexity index is 859. The van der Waals surface area contributed by atoms with E-state index in [2.05, 4.69) is 10.6 Å². The van der Waals surface area contributed by atoms with Crippen LogP contribution in [0.25, 0.3) is 0 Å². The Balaban J connectivity index is 1.72. The van der Waals surface area contributed by atoms with Crippen molar-refractivity contribution in [2.24, 2.45) is 11.7 Å². The minimum Gasteiger partial charge on any atom is -0.343 e. The summed E-state index contributed by atoms with van der Waals surface area (Å²) >= 11 is 0. The second kappa shape index (κ2) is 10.3. The summed E-state index contributed by atoms with van der Waals surface area (Å²) in [4.78, 5) is 25.8. The highest BCUT2D eigenvalue weighted by atomic mass is 16.5. The molecule has 0 unspecified atom stereocenters. The van der Waals surface area contributed by atoms with Crippen molar-refractivity contribution in [2.75, 3.05) is 18.2 Å². The molecule has 1 aliphatic heterocycles. The first-order valence-electron chi connectivity index (χ1n) is 10.3. The number of aryl methyl sites for hydroxylation is 2. The molecule has 7 nitrogen and oxygen atoms in total. The van der Waals surface area contributed by atoms with Gasteiger partial charge in [0, 0.05) is 0 Å². The lowest BCUT2D eigenvalue weighted by atomic mass is 10.0. The normalized spacial score (nSPS) is 19.3. The fourth-order valence-corrected chi connectivity index (χ4v) is 3.71. The van der Waals surface area contributed by atoms with E-state index in [-0.39, 0.29) is 17.9 Å². The van der Waals surface area contributed by atoms with Gasteiger partial charge in [-0.15, -0.1) is 0 Å². The van der Waals surface area contributed by atoms with E-state index >= 15 is 0 Å². The first-order chi connectivity index (χ1) is 14.5. The fraction of sp³-hybridized carbons (Fsp3) is 0.391. The standard InChI is InChI=1S/C23H30N4O3/c1-16-6-5-9-19(12-16)27(30)23(29)20(11-10-17-7-3-2-4-8-17)26-22(28)21-13-18(14-24)15-25-21/h2-9,12,18,20-21,25,30H,10-11,13-15,24H2,1H3,(H,26,28)/t18-,20-,21-/m1/s1. The fourth-order valence-electron chi connectivity index (χ4n) is 3.71. The van der Waals surface area contributed by atoms with Crippen LogP contribution in [0.4, 0.5) is 5.69 Å². The summed E-state index contributed by atoms with van der Waals surface area (Å²) in [6.45, 7) is 3.09. The Labute approximate surface area is 177 Å². The van der Waals surface area contributed by atoms with E-state index in [1.807, 2.05) is 43.3 Å². The van der Waals surface area contributed by atoms with E-state index in [0.717, 1.165) is 11.1 Å². The summed E-state index contributed by atoms with van der Waals surface area (Å²) in [6.07, 6.45) is 1.62. The summed E-state index contributed by atoms with van der Waals surface area (Å²) in [7, 11) is 0. The Hall–Kier alpha value is -2.74. The SMILES string of the molecule is Cc1cccc(N(O)C(=O)[C@@H](CCc2ccccc2)NC(=O)[C@H]2C[C@H](CN)CN2)c1. The molecule has 30 heavy (non-hydrogen) atoms. The van der Waals surface area contributed by atoms with Crippen LogP contribution in [-0.4, -0.2) is 42.2 Å². The number of amides is 2. The molecule has 1 saturated heterocycles. The van der Waals surface area contributed by atoms with Gasteiger partial charge >= 0.3 is 0 Å². The Morgan fingerprint density at radius 3 is 2.67 bits per heavy atom. The molecule has 1 fully saturated rings. The first-order valence-corrected chi connectivity index (χ1v) is 10.3. The molecule has 1 aliphatic rings. The second-order valence-corrected chi connectivity index (χ2v) is 7.87. The van der Waals surface area contributed by atoms with Crippen LogP contribution >= 0.6 is 0 Å². The van der Waals surface area contributed by atoms with Crippen molar-refractivity contribution in [2.45, 2.75) is 38.3 Å². The van der Waals surface area contributed by atoms with Crippen LogP contribution < -0.4 is 21.4 Å². The van der Waals surface area contributed by atoms with Crippen LogP contribution in [0.1, 0.15) is 24.0 Å². The number of hydrogen-bond donors (Lipinski definition) is 4. The summed E-state index contributed by atoms with van der Waals surface area (Å²) in [5.74, 6) is -0.547. The van der Waals surface area contributed by atoms with Gasteiger partial charge in [0.05, 0.1) is 11.7 Å². The Morgan fingerprint density at radius 1 is 1.23 bits per heavy atom. The quantitative estimate of drug-likeness (QED) is 0.392. The molecular weight excluding hydrogens is 380 g/mol. The minimum atomic E-state index is -0.845. The van der Waals surface area contributed by atoms with E-state index in [9.17, 15) is 14.8 Å². The van der Waals surface area contributed by atoms with Gasteiger partial charge in [-0.25, -0.2) is 0 Å². The van der Waals surface area contributed by atoms with Crippen molar-refractivity contribution >= 4 is 17.5 Å². The monoisotopic (exact) mass is 410 g/mol. The zero-order valence-electron chi connectivity index (χ0n) is 17.3. The number of anilines is 1. The van der Waals surface area contributed by atoms with E-state index in [1.165, 1.54) is 0 Å². The van der Waals surface area contributed by atoms with E-state index in [4.69, 9.17) is 5.73 Å². The Morgan fingerprint density at radius 2 is 2.00 bits per heavy atom. The van der Waals surface area contributed by atoms with Gasteiger partial charge in [0.2, 0.25) is 5.91 Å². The molecule has 160 valence electrons. The molecule has 5 N–H and O–H groups in total. The van der Waals surface area contributed by atoms with Crippen LogP contribution in [0.2, 0.25) is 0 Å². The van der Waals surface area contributed by atoms with Gasteiger partial charge in [-0.2, -0.15) is 5.06 Å². The van der Waals surface area contributed by atoms with Crippen molar-refractivity contribution in [3.05, 3.63) is 65.7 Å². The highest BCUT2D eigenvalue weighted by Gasteiger charge is 2.32. The number of rotatable bonds is 8. The number of carbonyl (C=O) groups excluding carboxylic acids is 2.